The van der Waals surface area contributed by atoms with Gasteiger partial charge < -0.3 is 15.4 Å². The Labute approximate surface area is 141 Å². The largest absolute Gasteiger partial charge is 0.459 e. The van der Waals surface area contributed by atoms with Gasteiger partial charge in [-0.25, -0.2) is 0 Å². The predicted molar refractivity (Wildman–Crippen MR) is 90.5 cm³/mol. The normalized spacial score (nSPS) is 12.0. The highest BCUT2D eigenvalue weighted by Crippen LogP contribution is 2.20. The minimum atomic E-state index is -0.507. The summed E-state index contributed by atoms with van der Waals surface area (Å²) in [7, 11) is 1.62. The molecular weight excluding hydrogens is 325 g/mol. The van der Waals surface area contributed by atoms with Gasteiger partial charge in [-0.1, -0.05) is 29.3 Å². The summed E-state index contributed by atoms with van der Waals surface area (Å²) in [6, 6.07) is 5.27. The zero-order chi connectivity index (χ0) is 16.8. The highest BCUT2D eigenvalue weighted by atomic mass is 35.5. The Kier molecular flexibility index (Phi) is 6.97. The molecule has 0 aromatic heterocycles. The van der Waals surface area contributed by atoms with Crippen molar-refractivity contribution in [3.05, 3.63) is 33.8 Å². The second kappa shape index (κ2) is 8.25. The fourth-order valence-electron chi connectivity index (χ4n) is 1.60. The van der Waals surface area contributed by atoms with Gasteiger partial charge >= 0.3 is 5.97 Å². The van der Waals surface area contributed by atoms with Gasteiger partial charge in [0, 0.05) is 23.6 Å². The van der Waals surface area contributed by atoms with Crippen LogP contribution in [0, 0.1) is 0 Å². The Morgan fingerprint density at radius 3 is 2.50 bits per heavy atom. The molecule has 1 aromatic carbocycles. The third kappa shape index (κ3) is 7.00. The number of hydrogen-bond acceptors (Lipinski definition) is 3. The van der Waals surface area contributed by atoms with Crippen molar-refractivity contribution in [3.8, 4) is 0 Å². The Balaban J connectivity index is 2.48. The summed E-state index contributed by atoms with van der Waals surface area (Å²) in [5, 5.41) is 7.11. The number of aliphatic imine (C=N–C) groups is 1. The molecular formula is C15H21Cl2N3O2. The SMILES string of the molecule is CN=C(NCC(=O)OC(C)(C)C)NCc1ccc(Cl)cc1Cl. The summed E-state index contributed by atoms with van der Waals surface area (Å²) in [6.45, 7) is 5.96. The molecule has 0 aliphatic carbocycles. The molecule has 0 unspecified atom stereocenters. The van der Waals surface area contributed by atoms with Crippen LogP contribution >= 0.6 is 23.2 Å². The number of nitrogens with one attached hydrogen (secondary N) is 2. The number of guanidine groups is 1. The first kappa shape index (κ1) is 18.6. The molecule has 0 fully saturated rings. The molecule has 7 heteroatoms. The van der Waals surface area contributed by atoms with Crippen LogP contribution in [0.25, 0.3) is 0 Å². The van der Waals surface area contributed by atoms with E-state index in [0.29, 0.717) is 22.5 Å². The van der Waals surface area contributed by atoms with Crippen LogP contribution in [-0.4, -0.2) is 31.1 Å². The fraction of sp³-hybridized carbons (Fsp3) is 0.467. The number of ether oxygens (including phenoxy) is 1. The number of nitrogens with zero attached hydrogens (tertiary/aromatic N) is 1. The highest BCUT2D eigenvalue weighted by molar-refractivity contribution is 6.35. The summed E-state index contributed by atoms with van der Waals surface area (Å²) in [5.41, 5.74) is 0.373. The Bertz CT molecular complexity index is 554. The fourth-order valence-corrected chi connectivity index (χ4v) is 2.07. The average molecular weight is 346 g/mol. The molecule has 0 amide bonds. The lowest BCUT2D eigenvalue weighted by Crippen LogP contribution is -2.41. The third-order valence-electron chi connectivity index (χ3n) is 2.51. The van der Waals surface area contributed by atoms with Crippen molar-refractivity contribution in [2.75, 3.05) is 13.6 Å². The van der Waals surface area contributed by atoms with Crippen molar-refractivity contribution < 1.29 is 9.53 Å². The van der Waals surface area contributed by atoms with Crippen LogP contribution in [0.2, 0.25) is 10.0 Å². The Morgan fingerprint density at radius 2 is 1.95 bits per heavy atom. The monoisotopic (exact) mass is 345 g/mol. The average Bonchev–Trinajstić information content (AvgIpc) is 2.38. The molecule has 22 heavy (non-hydrogen) atoms. The van der Waals surface area contributed by atoms with Gasteiger partial charge in [0.05, 0.1) is 0 Å². The maximum atomic E-state index is 11.6. The van der Waals surface area contributed by atoms with E-state index in [1.807, 2.05) is 26.8 Å². The minimum absolute atomic E-state index is 0.0330. The predicted octanol–water partition coefficient (Wildman–Crippen LogP) is 3.00. The molecule has 122 valence electrons. The van der Waals surface area contributed by atoms with Crippen LogP contribution in [0.3, 0.4) is 0 Å². The van der Waals surface area contributed by atoms with Crippen LogP contribution in [0.4, 0.5) is 0 Å². The van der Waals surface area contributed by atoms with Crippen molar-refractivity contribution in [2.45, 2.75) is 32.9 Å². The van der Waals surface area contributed by atoms with Crippen molar-refractivity contribution in [1.29, 1.82) is 0 Å². The number of rotatable bonds is 4. The second-order valence-electron chi connectivity index (χ2n) is 5.60. The lowest BCUT2D eigenvalue weighted by molar-refractivity contribution is -0.153. The first-order chi connectivity index (χ1) is 10.2. The lowest BCUT2D eigenvalue weighted by atomic mass is 10.2. The summed E-state index contributed by atoms with van der Waals surface area (Å²) in [6.07, 6.45) is 0. The van der Waals surface area contributed by atoms with E-state index in [0.717, 1.165) is 5.56 Å². The van der Waals surface area contributed by atoms with Crippen molar-refractivity contribution in [3.63, 3.8) is 0 Å². The van der Waals surface area contributed by atoms with Crippen molar-refractivity contribution in [1.82, 2.24) is 10.6 Å². The van der Waals surface area contributed by atoms with E-state index < -0.39 is 5.60 Å². The number of halogens is 2. The Morgan fingerprint density at radius 1 is 1.27 bits per heavy atom. The third-order valence-corrected chi connectivity index (χ3v) is 3.09. The van der Waals surface area contributed by atoms with Gasteiger partial charge in [0.25, 0.3) is 0 Å². The number of carbonyl (C=O) groups excluding carboxylic acids is 1. The van der Waals surface area contributed by atoms with Crippen molar-refractivity contribution >= 4 is 35.1 Å². The quantitative estimate of drug-likeness (QED) is 0.500. The lowest BCUT2D eigenvalue weighted by Gasteiger charge is -2.20. The van der Waals surface area contributed by atoms with E-state index in [2.05, 4.69) is 15.6 Å². The van der Waals surface area contributed by atoms with Crippen LogP contribution < -0.4 is 10.6 Å². The zero-order valence-corrected chi connectivity index (χ0v) is 14.7. The van der Waals surface area contributed by atoms with Gasteiger partial charge in [-0.2, -0.15) is 0 Å². The maximum absolute atomic E-state index is 11.6. The summed E-state index contributed by atoms with van der Waals surface area (Å²) in [4.78, 5) is 15.7. The van der Waals surface area contributed by atoms with E-state index in [9.17, 15) is 4.79 Å². The molecule has 0 radical (unpaired) electrons. The smallest absolute Gasteiger partial charge is 0.325 e. The molecule has 0 aliphatic heterocycles. The highest BCUT2D eigenvalue weighted by Gasteiger charge is 2.16. The molecule has 0 heterocycles. The maximum Gasteiger partial charge on any atom is 0.325 e. The molecule has 5 nitrogen and oxygen atoms in total. The topological polar surface area (TPSA) is 62.7 Å². The molecule has 0 atom stereocenters. The molecule has 0 saturated carbocycles. The molecule has 2 N–H and O–H groups in total. The summed E-state index contributed by atoms with van der Waals surface area (Å²) in [5.74, 6) is 0.136. The van der Waals surface area contributed by atoms with Gasteiger partial charge in [0.15, 0.2) is 5.96 Å². The number of esters is 1. The van der Waals surface area contributed by atoms with Gasteiger partial charge in [0.2, 0.25) is 0 Å². The second-order valence-corrected chi connectivity index (χ2v) is 6.45. The number of hydrogen-bond donors (Lipinski definition) is 2. The number of benzene rings is 1. The standard InChI is InChI=1S/C15H21Cl2N3O2/c1-15(2,3)22-13(21)9-20-14(18-4)19-8-10-5-6-11(16)7-12(10)17/h5-7H,8-9H2,1-4H3,(H2,18,19,20). The van der Waals surface area contributed by atoms with Crippen LogP contribution in [0.5, 0.6) is 0 Å². The first-order valence-corrected chi connectivity index (χ1v) is 7.57. The summed E-state index contributed by atoms with van der Waals surface area (Å²) < 4.78 is 5.21. The molecule has 1 aromatic rings. The van der Waals surface area contributed by atoms with Gasteiger partial charge in [-0.3, -0.25) is 9.79 Å². The molecule has 0 aliphatic rings. The van der Waals surface area contributed by atoms with Gasteiger partial charge in [-0.05, 0) is 38.5 Å². The Hall–Kier alpha value is -1.46. The van der Waals surface area contributed by atoms with Crippen LogP contribution in [0.1, 0.15) is 26.3 Å². The van der Waals surface area contributed by atoms with Crippen LogP contribution in [-0.2, 0) is 16.1 Å². The molecule has 0 saturated heterocycles. The molecule has 1 rings (SSSR count). The zero-order valence-electron chi connectivity index (χ0n) is 13.2. The minimum Gasteiger partial charge on any atom is -0.459 e. The van der Waals surface area contributed by atoms with E-state index in [-0.39, 0.29) is 12.5 Å². The van der Waals surface area contributed by atoms with E-state index in [1.54, 1.807) is 19.2 Å². The first-order valence-electron chi connectivity index (χ1n) is 6.81. The van der Waals surface area contributed by atoms with E-state index in [4.69, 9.17) is 27.9 Å². The van der Waals surface area contributed by atoms with Crippen molar-refractivity contribution in [2.24, 2.45) is 4.99 Å². The van der Waals surface area contributed by atoms with Gasteiger partial charge in [-0.15, -0.1) is 0 Å². The number of carbonyl (C=O) groups is 1. The van der Waals surface area contributed by atoms with E-state index >= 15 is 0 Å². The van der Waals surface area contributed by atoms with Gasteiger partial charge in [0.1, 0.15) is 12.1 Å². The summed E-state index contributed by atoms with van der Waals surface area (Å²) >= 11 is 11.9. The van der Waals surface area contributed by atoms with Crippen LogP contribution in [0.15, 0.2) is 23.2 Å². The molecule has 0 spiro atoms. The molecule has 0 bridgehead atoms. The van der Waals surface area contributed by atoms with E-state index in [1.165, 1.54) is 0 Å².